The number of hydrogen-bond acceptors (Lipinski definition) is 4. The zero-order valence-electron chi connectivity index (χ0n) is 10.5. The van der Waals surface area contributed by atoms with Gasteiger partial charge in [0, 0.05) is 26.2 Å². The van der Waals surface area contributed by atoms with E-state index >= 15 is 0 Å². The molecule has 2 N–H and O–H groups in total. The third-order valence-corrected chi connectivity index (χ3v) is 3.27. The molecule has 98 valence electrons. The summed E-state index contributed by atoms with van der Waals surface area (Å²) in [7, 11) is 0. The fourth-order valence-electron chi connectivity index (χ4n) is 2.07. The van der Waals surface area contributed by atoms with Gasteiger partial charge in [0.1, 0.15) is 0 Å². The standard InChI is InChI=1S/C11H21N3O2S/c1-3-9(10(12)17)13-5-7-14(8-6-13)11(15)16-4-2/h9H,3-8H2,1-2H3,(H2,12,17). The minimum Gasteiger partial charge on any atom is -0.450 e. The SMILES string of the molecule is CCOC(=O)N1CCN(C(CC)C(N)=S)CC1. The normalized spacial score (nSPS) is 18.8. The third-order valence-electron chi connectivity index (χ3n) is 3.00. The average molecular weight is 259 g/mol. The lowest BCUT2D eigenvalue weighted by atomic mass is 10.1. The molecule has 1 aliphatic rings. The molecule has 1 atom stereocenters. The first-order chi connectivity index (χ1) is 8.10. The summed E-state index contributed by atoms with van der Waals surface area (Å²) in [5.41, 5.74) is 5.70. The van der Waals surface area contributed by atoms with E-state index in [2.05, 4.69) is 11.8 Å². The van der Waals surface area contributed by atoms with Crippen LogP contribution in [0.15, 0.2) is 0 Å². The Labute approximate surface area is 108 Å². The molecule has 17 heavy (non-hydrogen) atoms. The topological polar surface area (TPSA) is 58.8 Å². The van der Waals surface area contributed by atoms with Crippen molar-refractivity contribution in [1.82, 2.24) is 9.80 Å². The number of hydrogen-bond donors (Lipinski definition) is 1. The van der Waals surface area contributed by atoms with Gasteiger partial charge in [0.05, 0.1) is 17.6 Å². The molecule has 0 aliphatic carbocycles. The molecule has 1 heterocycles. The summed E-state index contributed by atoms with van der Waals surface area (Å²) < 4.78 is 4.97. The lowest BCUT2D eigenvalue weighted by Gasteiger charge is -2.38. The number of carbonyl (C=O) groups is 1. The van der Waals surface area contributed by atoms with Crippen LogP contribution in [0, 0.1) is 0 Å². The highest BCUT2D eigenvalue weighted by atomic mass is 32.1. The summed E-state index contributed by atoms with van der Waals surface area (Å²) in [5, 5.41) is 0. The van der Waals surface area contributed by atoms with Gasteiger partial charge in [0.25, 0.3) is 0 Å². The number of nitrogens with zero attached hydrogens (tertiary/aromatic N) is 2. The molecule has 1 rings (SSSR count). The zero-order valence-corrected chi connectivity index (χ0v) is 11.3. The third kappa shape index (κ3) is 3.81. The van der Waals surface area contributed by atoms with Crippen molar-refractivity contribution in [2.24, 2.45) is 5.73 Å². The first-order valence-electron chi connectivity index (χ1n) is 6.05. The Hall–Kier alpha value is -0.880. The second-order valence-electron chi connectivity index (χ2n) is 4.05. The summed E-state index contributed by atoms with van der Waals surface area (Å²) in [6.07, 6.45) is 0.685. The monoisotopic (exact) mass is 259 g/mol. The van der Waals surface area contributed by atoms with E-state index in [0.717, 1.165) is 19.5 Å². The molecule has 0 spiro atoms. The molecule has 1 fully saturated rings. The molecule has 1 saturated heterocycles. The van der Waals surface area contributed by atoms with Gasteiger partial charge >= 0.3 is 6.09 Å². The van der Waals surface area contributed by atoms with Crippen LogP contribution >= 0.6 is 12.2 Å². The van der Waals surface area contributed by atoms with Crippen molar-refractivity contribution in [3.8, 4) is 0 Å². The Bertz CT molecular complexity index is 278. The Morgan fingerprint density at radius 3 is 2.35 bits per heavy atom. The Kier molecular flexibility index (Phi) is 5.64. The summed E-state index contributed by atoms with van der Waals surface area (Å²) in [6.45, 7) is 7.26. The highest BCUT2D eigenvalue weighted by Crippen LogP contribution is 2.10. The quantitative estimate of drug-likeness (QED) is 0.758. The van der Waals surface area contributed by atoms with Crippen LogP contribution < -0.4 is 5.73 Å². The molecule has 0 aromatic heterocycles. The fraction of sp³-hybridized carbons (Fsp3) is 0.818. The van der Waals surface area contributed by atoms with E-state index in [9.17, 15) is 4.79 Å². The van der Waals surface area contributed by atoms with Crippen molar-refractivity contribution in [3.63, 3.8) is 0 Å². The number of thiocarbonyl (C=S) groups is 1. The average Bonchev–Trinajstić information content (AvgIpc) is 2.30. The van der Waals surface area contributed by atoms with Gasteiger partial charge in [-0.25, -0.2) is 4.79 Å². The minimum atomic E-state index is -0.226. The highest BCUT2D eigenvalue weighted by Gasteiger charge is 2.26. The first kappa shape index (κ1) is 14.2. The summed E-state index contributed by atoms with van der Waals surface area (Å²) in [5.74, 6) is 0. The second kappa shape index (κ2) is 6.76. The van der Waals surface area contributed by atoms with Gasteiger partial charge in [-0.1, -0.05) is 19.1 Å². The first-order valence-corrected chi connectivity index (χ1v) is 6.46. The number of carbonyl (C=O) groups excluding carboxylic acids is 1. The highest BCUT2D eigenvalue weighted by molar-refractivity contribution is 7.80. The lowest BCUT2D eigenvalue weighted by Crippen LogP contribution is -2.54. The largest absolute Gasteiger partial charge is 0.450 e. The molecular weight excluding hydrogens is 238 g/mol. The zero-order chi connectivity index (χ0) is 12.8. The number of ether oxygens (including phenoxy) is 1. The summed E-state index contributed by atoms with van der Waals surface area (Å²) in [4.78, 5) is 16.0. The van der Waals surface area contributed by atoms with Crippen LogP contribution in [0.2, 0.25) is 0 Å². The van der Waals surface area contributed by atoms with Gasteiger partial charge in [-0.05, 0) is 13.3 Å². The molecule has 6 heteroatoms. The van der Waals surface area contributed by atoms with Crippen LogP contribution in [0.3, 0.4) is 0 Å². The van der Waals surface area contributed by atoms with E-state index in [4.69, 9.17) is 22.7 Å². The lowest BCUT2D eigenvalue weighted by molar-refractivity contribution is 0.0743. The van der Waals surface area contributed by atoms with Crippen LogP contribution in [0.4, 0.5) is 4.79 Å². The van der Waals surface area contributed by atoms with E-state index in [1.807, 2.05) is 6.92 Å². The predicted octanol–water partition coefficient (Wildman–Crippen LogP) is 0.825. The molecule has 1 aliphatic heterocycles. The maximum atomic E-state index is 11.5. The maximum absolute atomic E-state index is 11.5. The Morgan fingerprint density at radius 1 is 1.35 bits per heavy atom. The van der Waals surface area contributed by atoms with Gasteiger partial charge < -0.3 is 15.4 Å². The smallest absolute Gasteiger partial charge is 0.409 e. The Morgan fingerprint density at radius 2 is 1.94 bits per heavy atom. The van der Waals surface area contributed by atoms with E-state index in [1.54, 1.807) is 4.90 Å². The van der Waals surface area contributed by atoms with Gasteiger partial charge in [-0.3, -0.25) is 4.90 Å². The molecule has 0 radical (unpaired) electrons. The minimum absolute atomic E-state index is 0.148. The van der Waals surface area contributed by atoms with Gasteiger partial charge in [0.15, 0.2) is 0 Å². The maximum Gasteiger partial charge on any atom is 0.409 e. The van der Waals surface area contributed by atoms with Crippen molar-refractivity contribution in [1.29, 1.82) is 0 Å². The fourth-order valence-corrected chi connectivity index (χ4v) is 2.39. The number of amides is 1. The van der Waals surface area contributed by atoms with E-state index < -0.39 is 0 Å². The van der Waals surface area contributed by atoms with Crippen molar-refractivity contribution < 1.29 is 9.53 Å². The molecule has 0 saturated carbocycles. The van der Waals surface area contributed by atoms with Crippen LogP contribution in [0.5, 0.6) is 0 Å². The van der Waals surface area contributed by atoms with Crippen molar-refractivity contribution in [3.05, 3.63) is 0 Å². The summed E-state index contributed by atoms with van der Waals surface area (Å²) >= 11 is 5.05. The molecule has 0 aromatic rings. The Balaban J connectivity index is 2.44. The van der Waals surface area contributed by atoms with E-state index in [1.165, 1.54) is 0 Å². The van der Waals surface area contributed by atoms with Gasteiger partial charge in [0.2, 0.25) is 0 Å². The predicted molar refractivity (Wildman–Crippen MR) is 71.0 cm³/mol. The number of piperazine rings is 1. The van der Waals surface area contributed by atoms with Crippen molar-refractivity contribution >= 4 is 23.3 Å². The molecule has 1 unspecified atom stereocenters. The molecule has 5 nitrogen and oxygen atoms in total. The van der Waals surface area contributed by atoms with Crippen LogP contribution in [-0.4, -0.2) is 59.7 Å². The van der Waals surface area contributed by atoms with Gasteiger partial charge in [-0.2, -0.15) is 0 Å². The van der Waals surface area contributed by atoms with Gasteiger partial charge in [-0.15, -0.1) is 0 Å². The van der Waals surface area contributed by atoms with E-state index in [0.29, 0.717) is 24.7 Å². The number of nitrogens with two attached hydrogens (primary N) is 1. The molecule has 0 aromatic carbocycles. The van der Waals surface area contributed by atoms with Crippen LogP contribution in [0.25, 0.3) is 0 Å². The molecule has 0 bridgehead atoms. The number of rotatable bonds is 4. The molecule has 1 amide bonds. The molecular formula is C11H21N3O2S. The second-order valence-corrected chi connectivity index (χ2v) is 4.52. The van der Waals surface area contributed by atoms with Crippen molar-refractivity contribution in [2.75, 3.05) is 32.8 Å². The van der Waals surface area contributed by atoms with Crippen LogP contribution in [0.1, 0.15) is 20.3 Å². The van der Waals surface area contributed by atoms with E-state index in [-0.39, 0.29) is 12.1 Å². The summed E-state index contributed by atoms with van der Waals surface area (Å²) in [6, 6.07) is 0.148. The van der Waals surface area contributed by atoms with Crippen LogP contribution in [-0.2, 0) is 4.74 Å². The van der Waals surface area contributed by atoms with Crippen molar-refractivity contribution in [2.45, 2.75) is 26.3 Å².